The van der Waals surface area contributed by atoms with Crippen LogP contribution in [0.5, 0.6) is 0 Å². The second-order valence-electron chi connectivity index (χ2n) is 7.23. The first kappa shape index (κ1) is 17.6. The van der Waals surface area contributed by atoms with Crippen molar-refractivity contribution in [3.05, 3.63) is 23.9 Å². The Labute approximate surface area is 140 Å². The molecule has 1 aromatic heterocycles. The van der Waals surface area contributed by atoms with Crippen molar-refractivity contribution in [3.63, 3.8) is 0 Å². The lowest BCUT2D eigenvalue weighted by Gasteiger charge is -2.24. The highest BCUT2D eigenvalue weighted by Crippen LogP contribution is 2.17. The molecule has 0 atom stereocenters. The summed E-state index contributed by atoms with van der Waals surface area (Å²) >= 11 is 0. The molecule has 1 aromatic rings. The Bertz CT molecular complexity index is 493. The molecule has 128 valence electrons. The first-order valence-electron chi connectivity index (χ1n) is 8.67. The van der Waals surface area contributed by atoms with Gasteiger partial charge in [-0.25, -0.2) is 4.98 Å². The van der Waals surface area contributed by atoms with Crippen LogP contribution >= 0.6 is 0 Å². The van der Waals surface area contributed by atoms with Crippen LogP contribution in [0.25, 0.3) is 0 Å². The highest BCUT2D eigenvalue weighted by molar-refractivity contribution is 5.80. The number of nitrogens with zero attached hydrogens (tertiary/aromatic N) is 3. The summed E-state index contributed by atoms with van der Waals surface area (Å²) in [5.74, 6) is 1.92. The molecule has 0 bridgehead atoms. The topological polar surface area (TPSA) is 52.6 Å². The van der Waals surface area contributed by atoms with Gasteiger partial charge in [-0.05, 0) is 45.2 Å². The Hall–Kier alpha value is -1.78. The molecule has 0 spiro atoms. The zero-order chi connectivity index (χ0) is 16.7. The minimum atomic E-state index is -0.00325. The summed E-state index contributed by atoms with van der Waals surface area (Å²) < 4.78 is 0. The molecule has 2 rings (SSSR count). The predicted octanol–water partition coefficient (Wildman–Crippen LogP) is 2.93. The summed E-state index contributed by atoms with van der Waals surface area (Å²) in [6, 6.07) is 4.30. The number of pyridine rings is 1. The number of hydrogen-bond acceptors (Lipinski definition) is 3. The van der Waals surface area contributed by atoms with Gasteiger partial charge in [0.25, 0.3) is 0 Å². The van der Waals surface area contributed by atoms with Crippen LogP contribution in [0.2, 0.25) is 0 Å². The van der Waals surface area contributed by atoms with Crippen molar-refractivity contribution in [1.82, 2.24) is 15.6 Å². The highest BCUT2D eigenvalue weighted by atomic mass is 15.2. The predicted molar refractivity (Wildman–Crippen MR) is 98.0 cm³/mol. The summed E-state index contributed by atoms with van der Waals surface area (Å²) in [7, 11) is 1.79. The summed E-state index contributed by atoms with van der Waals surface area (Å²) in [4.78, 5) is 11.3. The van der Waals surface area contributed by atoms with Crippen molar-refractivity contribution < 1.29 is 0 Å². The van der Waals surface area contributed by atoms with Crippen molar-refractivity contribution in [2.24, 2.45) is 4.99 Å². The Kier molecular flexibility index (Phi) is 6.25. The molecule has 1 aliphatic rings. The largest absolute Gasteiger partial charge is 0.357 e. The molecule has 0 aliphatic carbocycles. The maximum absolute atomic E-state index is 4.65. The van der Waals surface area contributed by atoms with Crippen molar-refractivity contribution in [2.75, 3.05) is 25.0 Å². The number of hydrogen-bond donors (Lipinski definition) is 2. The van der Waals surface area contributed by atoms with Crippen molar-refractivity contribution >= 4 is 11.8 Å². The number of guanidine groups is 1. The van der Waals surface area contributed by atoms with Gasteiger partial charge in [0.15, 0.2) is 5.96 Å². The van der Waals surface area contributed by atoms with Crippen molar-refractivity contribution in [2.45, 2.75) is 58.5 Å². The van der Waals surface area contributed by atoms with E-state index in [1.54, 1.807) is 7.05 Å². The summed E-state index contributed by atoms with van der Waals surface area (Å²) in [6.45, 7) is 9.36. The third-order valence-electron chi connectivity index (χ3n) is 3.92. The van der Waals surface area contributed by atoms with E-state index in [1.165, 1.54) is 31.2 Å². The lowest BCUT2D eigenvalue weighted by atomic mass is 10.1. The van der Waals surface area contributed by atoms with Crippen LogP contribution in [0.15, 0.2) is 23.3 Å². The maximum atomic E-state index is 4.65. The number of nitrogens with one attached hydrogen (secondary N) is 2. The van der Waals surface area contributed by atoms with Crippen LogP contribution < -0.4 is 15.5 Å². The molecule has 0 radical (unpaired) electrons. The third kappa shape index (κ3) is 6.08. The van der Waals surface area contributed by atoms with Gasteiger partial charge < -0.3 is 15.5 Å². The zero-order valence-electron chi connectivity index (χ0n) is 15.0. The first-order chi connectivity index (χ1) is 11.0. The van der Waals surface area contributed by atoms with Crippen LogP contribution in [0.4, 0.5) is 5.82 Å². The van der Waals surface area contributed by atoms with E-state index in [0.717, 1.165) is 31.4 Å². The van der Waals surface area contributed by atoms with E-state index < -0.39 is 0 Å². The molecule has 5 nitrogen and oxygen atoms in total. The fraction of sp³-hybridized carbons (Fsp3) is 0.667. The van der Waals surface area contributed by atoms with Crippen LogP contribution in [0.3, 0.4) is 0 Å². The first-order valence-corrected chi connectivity index (χ1v) is 8.67. The summed E-state index contributed by atoms with van der Waals surface area (Å²) in [5.41, 5.74) is 1.16. The monoisotopic (exact) mass is 317 g/mol. The summed E-state index contributed by atoms with van der Waals surface area (Å²) in [6.07, 6.45) is 7.22. The Balaban J connectivity index is 1.89. The standard InChI is InChI=1S/C18H31N5/c1-18(2,3)22-17(19-4)21-14-15-9-10-16(20-13-15)23-11-7-5-6-8-12-23/h9-10,13H,5-8,11-12,14H2,1-4H3,(H2,19,21,22). The highest BCUT2D eigenvalue weighted by Gasteiger charge is 2.12. The Morgan fingerprint density at radius 3 is 2.39 bits per heavy atom. The fourth-order valence-electron chi connectivity index (χ4n) is 2.73. The van der Waals surface area contributed by atoms with E-state index in [1.807, 2.05) is 6.20 Å². The van der Waals surface area contributed by atoms with Gasteiger partial charge in [0.2, 0.25) is 0 Å². The van der Waals surface area contributed by atoms with Gasteiger partial charge in [-0.1, -0.05) is 18.9 Å². The average Bonchev–Trinajstić information content (AvgIpc) is 2.80. The number of aromatic nitrogens is 1. The van der Waals surface area contributed by atoms with Crippen molar-refractivity contribution in [1.29, 1.82) is 0 Å². The minimum Gasteiger partial charge on any atom is -0.357 e. The van der Waals surface area contributed by atoms with Gasteiger partial charge in [0, 0.05) is 38.4 Å². The molecule has 2 N–H and O–H groups in total. The second-order valence-corrected chi connectivity index (χ2v) is 7.23. The molecule has 0 unspecified atom stereocenters. The lowest BCUT2D eigenvalue weighted by molar-refractivity contribution is 0.501. The van der Waals surface area contributed by atoms with Crippen molar-refractivity contribution in [3.8, 4) is 0 Å². The fourth-order valence-corrected chi connectivity index (χ4v) is 2.73. The Morgan fingerprint density at radius 2 is 1.87 bits per heavy atom. The van der Waals surface area contributed by atoms with E-state index in [0.29, 0.717) is 0 Å². The minimum absolute atomic E-state index is 0.00325. The van der Waals surface area contributed by atoms with Gasteiger partial charge in [0.1, 0.15) is 5.82 Å². The smallest absolute Gasteiger partial charge is 0.191 e. The van der Waals surface area contributed by atoms with E-state index in [4.69, 9.17) is 0 Å². The van der Waals surface area contributed by atoms with E-state index in [-0.39, 0.29) is 5.54 Å². The lowest BCUT2D eigenvalue weighted by Crippen LogP contribution is -2.47. The van der Waals surface area contributed by atoms with Crippen LogP contribution in [0, 0.1) is 0 Å². The van der Waals surface area contributed by atoms with E-state index in [9.17, 15) is 0 Å². The molecular formula is C18H31N5. The van der Waals surface area contributed by atoms with Crippen LogP contribution in [-0.2, 0) is 6.54 Å². The van der Waals surface area contributed by atoms with E-state index >= 15 is 0 Å². The third-order valence-corrected chi connectivity index (χ3v) is 3.92. The molecule has 23 heavy (non-hydrogen) atoms. The maximum Gasteiger partial charge on any atom is 0.191 e. The number of anilines is 1. The van der Waals surface area contributed by atoms with Gasteiger partial charge >= 0.3 is 0 Å². The average molecular weight is 317 g/mol. The van der Waals surface area contributed by atoms with Gasteiger partial charge in [-0.2, -0.15) is 0 Å². The normalized spacial score (nSPS) is 16.9. The summed E-state index contributed by atoms with van der Waals surface area (Å²) in [5, 5.41) is 6.69. The Morgan fingerprint density at radius 1 is 1.17 bits per heavy atom. The molecular weight excluding hydrogens is 286 g/mol. The molecule has 0 aromatic carbocycles. The number of rotatable bonds is 3. The molecule has 1 fully saturated rings. The quantitative estimate of drug-likeness (QED) is 0.665. The number of aliphatic imine (C=N–C) groups is 1. The molecule has 5 heteroatoms. The van der Waals surface area contributed by atoms with Crippen LogP contribution in [0.1, 0.15) is 52.0 Å². The van der Waals surface area contributed by atoms with Gasteiger partial charge in [0.05, 0.1) is 0 Å². The molecule has 1 saturated heterocycles. The second kappa shape index (κ2) is 8.18. The SMILES string of the molecule is CN=C(NCc1ccc(N2CCCCCC2)nc1)NC(C)(C)C. The van der Waals surface area contributed by atoms with Crippen LogP contribution in [-0.4, -0.2) is 36.6 Å². The van der Waals surface area contributed by atoms with E-state index in [2.05, 4.69) is 58.4 Å². The molecule has 0 saturated carbocycles. The van der Waals surface area contributed by atoms with Gasteiger partial charge in [-0.3, -0.25) is 4.99 Å². The molecule has 2 heterocycles. The zero-order valence-corrected chi connectivity index (χ0v) is 15.0. The molecule has 0 amide bonds. The molecule has 1 aliphatic heterocycles. The van der Waals surface area contributed by atoms with Gasteiger partial charge in [-0.15, -0.1) is 0 Å².